The Morgan fingerprint density at radius 1 is 1.19 bits per heavy atom. The summed E-state index contributed by atoms with van der Waals surface area (Å²) in [5, 5.41) is 0. The third-order valence-corrected chi connectivity index (χ3v) is 5.41. The Bertz CT molecular complexity index is 707. The first-order chi connectivity index (χ1) is 12.7. The molecule has 0 radical (unpaired) electrons. The Balaban J connectivity index is 1.53. The van der Waals surface area contributed by atoms with Gasteiger partial charge in [-0.05, 0) is 31.0 Å². The second-order valence-electron chi connectivity index (χ2n) is 7.02. The summed E-state index contributed by atoms with van der Waals surface area (Å²) in [6.45, 7) is 3.16. The van der Waals surface area contributed by atoms with E-state index in [1.165, 1.54) is 0 Å². The van der Waals surface area contributed by atoms with Crippen molar-refractivity contribution in [1.82, 2.24) is 9.80 Å². The van der Waals surface area contributed by atoms with Gasteiger partial charge < -0.3 is 24.0 Å². The Kier molecular flexibility index (Phi) is 4.72. The van der Waals surface area contributed by atoms with Crippen LogP contribution >= 0.6 is 0 Å². The van der Waals surface area contributed by atoms with Crippen molar-refractivity contribution in [1.29, 1.82) is 0 Å². The van der Waals surface area contributed by atoms with Gasteiger partial charge in [0.1, 0.15) is 13.2 Å². The van der Waals surface area contributed by atoms with Crippen LogP contribution < -0.4 is 9.47 Å². The van der Waals surface area contributed by atoms with Crippen molar-refractivity contribution in [3.05, 3.63) is 23.8 Å². The highest BCUT2D eigenvalue weighted by molar-refractivity contribution is 5.95. The van der Waals surface area contributed by atoms with E-state index in [0.717, 1.165) is 12.8 Å². The van der Waals surface area contributed by atoms with E-state index in [1.807, 2.05) is 9.80 Å². The lowest BCUT2D eigenvalue weighted by Crippen LogP contribution is -2.49. The number of carbonyl (C=O) groups excluding carboxylic acids is 2. The lowest BCUT2D eigenvalue weighted by molar-refractivity contribution is -0.140. The zero-order valence-electron chi connectivity index (χ0n) is 15.0. The highest BCUT2D eigenvalue weighted by Gasteiger charge is 2.41. The SMILES string of the molecule is COCCN1C(=O)[C@@H]2CC[C@H]1CN(C(=O)c1ccc3c(c1)OCCO3)C2. The third kappa shape index (κ3) is 3.11. The topological polar surface area (TPSA) is 68.3 Å². The number of ether oxygens (including phenoxy) is 3. The molecule has 4 aliphatic heterocycles. The van der Waals surface area contributed by atoms with Crippen LogP contribution in [0.1, 0.15) is 23.2 Å². The normalized spacial score (nSPS) is 24.6. The van der Waals surface area contributed by atoms with Crippen LogP contribution in [0.3, 0.4) is 0 Å². The first-order valence-electron chi connectivity index (χ1n) is 9.15. The maximum atomic E-state index is 13.1. The fourth-order valence-corrected chi connectivity index (χ4v) is 4.05. The number of fused-ring (bicyclic) bond motifs is 5. The summed E-state index contributed by atoms with van der Waals surface area (Å²) in [6.07, 6.45) is 1.78. The van der Waals surface area contributed by atoms with Gasteiger partial charge in [0.2, 0.25) is 5.91 Å². The van der Waals surface area contributed by atoms with Crippen LogP contribution in [0.25, 0.3) is 0 Å². The largest absolute Gasteiger partial charge is 0.486 e. The number of piperidine rings is 1. The van der Waals surface area contributed by atoms with Gasteiger partial charge in [0, 0.05) is 38.3 Å². The van der Waals surface area contributed by atoms with Crippen LogP contribution in [0.5, 0.6) is 11.5 Å². The van der Waals surface area contributed by atoms with Crippen LogP contribution in [0.2, 0.25) is 0 Å². The van der Waals surface area contributed by atoms with Crippen LogP contribution in [-0.2, 0) is 9.53 Å². The Labute approximate surface area is 152 Å². The molecule has 26 heavy (non-hydrogen) atoms. The van der Waals surface area contributed by atoms with Crippen LogP contribution in [0, 0.1) is 5.92 Å². The molecule has 140 valence electrons. The van der Waals surface area contributed by atoms with Crippen molar-refractivity contribution < 1.29 is 23.8 Å². The van der Waals surface area contributed by atoms with E-state index in [0.29, 0.717) is 56.5 Å². The van der Waals surface area contributed by atoms with E-state index in [1.54, 1.807) is 25.3 Å². The molecule has 4 heterocycles. The Morgan fingerprint density at radius 2 is 2.00 bits per heavy atom. The standard InChI is InChI=1S/C19H24N2O5/c1-24-7-6-21-15-4-2-14(19(21)23)11-20(12-15)18(22)13-3-5-16-17(10-13)26-9-8-25-16/h3,5,10,14-15H,2,4,6-9,11-12H2,1H3/t14-,15+/m1/s1. The third-order valence-electron chi connectivity index (χ3n) is 5.41. The van der Waals surface area contributed by atoms with Crippen molar-refractivity contribution in [3.8, 4) is 11.5 Å². The minimum absolute atomic E-state index is 0.0553. The smallest absolute Gasteiger partial charge is 0.254 e. The molecule has 4 aliphatic rings. The molecule has 0 saturated carbocycles. The van der Waals surface area contributed by atoms with Gasteiger partial charge >= 0.3 is 0 Å². The quantitative estimate of drug-likeness (QED) is 0.806. The Morgan fingerprint density at radius 3 is 2.81 bits per heavy atom. The van der Waals surface area contributed by atoms with E-state index in [4.69, 9.17) is 14.2 Å². The predicted molar refractivity (Wildman–Crippen MR) is 93.4 cm³/mol. The van der Waals surface area contributed by atoms with Gasteiger partial charge in [0.25, 0.3) is 5.91 Å². The second-order valence-corrected chi connectivity index (χ2v) is 7.02. The molecule has 0 aromatic heterocycles. The summed E-state index contributed by atoms with van der Waals surface area (Å²) in [5.74, 6) is 1.25. The van der Waals surface area contributed by atoms with Gasteiger partial charge in [0.15, 0.2) is 11.5 Å². The molecule has 2 bridgehead atoms. The summed E-state index contributed by atoms with van der Waals surface area (Å²) >= 11 is 0. The fraction of sp³-hybridized carbons (Fsp3) is 0.579. The fourth-order valence-electron chi connectivity index (χ4n) is 4.05. The molecule has 2 atom stereocenters. The first kappa shape index (κ1) is 17.1. The molecule has 3 fully saturated rings. The molecule has 2 amide bonds. The van der Waals surface area contributed by atoms with Gasteiger partial charge in [-0.15, -0.1) is 0 Å². The molecule has 1 aromatic rings. The van der Waals surface area contributed by atoms with Gasteiger partial charge in [0.05, 0.1) is 12.5 Å². The number of nitrogens with zero attached hydrogens (tertiary/aromatic N) is 2. The van der Waals surface area contributed by atoms with Crippen LogP contribution in [0.15, 0.2) is 18.2 Å². The number of carbonyl (C=O) groups is 2. The summed E-state index contributed by atoms with van der Waals surface area (Å²) in [5.41, 5.74) is 0.575. The first-order valence-corrected chi connectivity index (χ1v) is 9.15. The van der Waals surface area contributed by atoms with Gasteiger partial charge in [-0.3, -0.25) is 9.59 Å². The minimum Gasteiger partial charge on any atom is -0.486 e. The summed E-state index contributed by atoms with van der Waals surface area (Å²) < 4.78 is 16.2. The maximum Gasteiger partial charge on any atom is 0.254 e. The molecular weight excluding hydrogens is 336 g/mol. The Hall–Kier alpha value is -2.28. The summed E-state index contributed by atoms with van der Waals surface area (Å²) in [4.78, 5) is 29.5. The van der Waals surface area contributed by atoms with Crippen molar-refractivity contribution in [2.75, 3.05) is 46.6 Å². The van der Waals surface area contributed by atoms with Crippen molar-refractivity contribution >= 4 is 11.8 Å². The predicted octanol–water partition coefficient (Wildman–Crippen LogP) is 1.17. The molecule has 3 saturated heterocycles. The average molecular weight is 360 g/mol. The molecule has 0 aliphatic carbocycles. The van der Waals surface area contributed by atoms with Gasteiger partial charge in [-0.2, -0.15) is 0 Å². The number of hydrogen-bond donors (Lipinski definition) is 0. The second kappa shape index (κ2) is 7.15. The van der Waals surface area contributed by atoms with Crippen LogP contribution in [0.4, 0.5) is 0 Å². The van der Waals surface area contributed by atoms with E-state index in [2.05, 4.69) is 0 Å². The van der Waals surface area contributed by atoms with E-state index < -0.39 is 0 Å². The molecule has 0 unspecified atom stereocenters. The lowest BCUT2D eigenvalue weighted by atomic mass is 9.94. The molecule has 5 rings (SSSR count). The molecule has 0 spiro atoms. The van der Waals surface area contributed by atoms with Crippen molar-refractivity contribution in [2.45, 2.75) is 18.9 Å². The maximum absolute atomic E-state index is 13.1. The lowest BCUT2D eigenvalue weighted by Gasteiger charge is -2.35. The van der Waals surface area contributed by atoms with E-state index >= 15 is 0 Å². The molecule has 7 heteroatoms. The molecule has 7 nitrogen and oxygen atoms in total. The number of hydrogen-bond acceptors (Lipinski definition) is 5. The highest BCUT2D eigenvalue weighted by Crippen LogP contribution is 2.33. The zero-order valence-corrected chi connectivity index (χ0v) is 15.0. The van der Waals surface area contributed by atoms with Crippen LogP contribution in [-0.4, -0.2) is 74.2 Å². The summed E-state index contributed by atoms with van der Waals surface area (Å²) in [6, 6.07) is 5.36. The molecular formula is C19H24N2O5. The van der Waals surface area contributed by atoms with E-state index in [-0.39, 0.29) is 23.8 Å². The number of methoxy groups -OCH3 is 1. The van der Waals surface area contributed by atoms with Crippen molar-refractivity contribution in [2.24, 2.45) is 5.92 Å². The number of benzene rings is 1. The van der Waals surface area contributed by atoms with Gasteiger partial charge in [-0.25, -0.2) is 0 Å². The van der Waals surface area contributed by atoms with Crippen molar-refractivity contribution in [3.63, 3.8) is 0 Å². The van der Waals surface area contributed by atoms with E-state index in [9.17, 15) is 9.59 Å². The minimum atomic E-state index is -0.119. The average Bonchev–Trinajstić information content (AvgIpc) is 2.97. The number of rotatable bonds is 4. The highest BCUT2D eigenvalue weighted by atomic mass is 16.6. The molecule has 0 N–H and O–H groups in total. The monoisotopic (exact) mass is 360 g/mol. The zero-order chi connectivity index (χ0) is 18.1. The number of amides is 2. The van der Waals surface area contributed by atoms with Gasteiger partial charge in [-0.1, -0.05) is 0 Å². The molecule has 1 aromatic carbocycles. The summed E-state index contributed by atoms with van der Waals surface area (Å²) in [7, 11) is 1.64.